The van der Waals surface area contributed by atoms with E-state index in [0.29, 0.717) is 17.5 Å². The standard InChI is InChI=1S/C59H37N5/c1-4-16-38(17-5-1)40-22-14-24-44(32-40)58-60-57(39-18-6-2-7-19-39)61-59(62-58)45-30-31-47-43(33-45)23-15-29-52(47)64-53-28-13-12-27-48(53)50-36-51-49-34-41-20-10-11-21-42(41)35-54(49)63(55(51)37-56(50)64)46-25-8-3-9-26-46/h1-37H. The summed E-state index contributed by atoms with van der Waals surface area (Å²) in [6.07, 6.45) is 0. The first-order chi connectivity index (χ1) is 31.7. The van der Waals surface area contributed by atoms with E-state index in [1.165, 1.54) is 43.4 Å². The summed E-state index contributed by atoms with van der Waals surface area (Å²) in [7, 11) is 0. The van der Waals surface area contributed by atoms with Crippen molar-refractivity contribution in [2.45, 2.75) is 0 Å². The van der Waals surface area contributed by atoms with Crippen molar-refractivity contribution in [3.63, 3.8) is 0 Å². The minimum atomic E-state index is 0.627. The Morgan fingerprint density at radius 1 is 0.250 bits per heavy atom. The van der Waals surface area contributed by atoms with E-state index in [4.69, 9.17) is 15.0 Å². The zero-order valence-electron chi connectivity index (χ0n) is 34.6. The number of aromatic nitrogens is 5. The summed E-state index contributed by atoms with van der Waals surface area (Å²) < 4.78 is 4.88. The first-order valence-corrected chi connectivity index (χ1v) is 21.7. The van der Waals surface area contributed by atoms with Crippen molar-refractivity contribution in [3.05, 3.63) is 224 Å². The van der Waals surface area contributed by atoms with Gasteiger partial charge in [0.2, 0.25) is 0 Å². The Hall–Kier alpha value is -8.67. The van der Waals surface area contributed by atoms with Crippen LogP contribution in [0.5, 0.6) is 0 Å². The topological polar surface area (TPSA) is 48.5 Å². The number of rotatable bonds is 6. The lowest BCUT2D eigenvalue weighted by molar-refractivity contribution is 1.07. The van der Waals surface area contributed by atoms with E-state index in [1.807, 2.05) is 24.3 Å². The summed E-state index contributed by atoms with van der Waals surface area (Å²) in [6.45, 7) is 0. The highest BCUT2D eigenvalue weighted by Crippen LogP contribution is 2.42. The lowest BCUT2D eigenvalue weighted by Gasteiger charge is -2.14. The Morgan fingerprint density at radius 3 is 1.56 bits per heavy atom. The molecule has 0 unspecified atom stereocenters. The van der Waals surface area contributed by atoms with Crippen LogP contribution in [0.4, 0.5) is 0 Å². The van der Waals surface area contributed by atoms with Gasteiger partial charge in [0.15, 0.2) is 17.5 Å². The van der Waals surface area contributed by atoms with E-state index in [9.17, 15) is 0 Å². The summed E-state index contributed by atoms with van der Waals surface area (Å²) in [5, 5.41) is 9.62. The average molecular weight is 816 g/mol. The number of para-hydroxylation sites is 2. The Labute approximate surface area is 368 Å². The van der Waals surface area contributed by atoms with Crippen LogP contribution in [-0.4, -0.2) is 24.1 Å². The second-order valence-electron chi connectivity index (χ2n) is 16.5. The molecule has 298 valence electrons. The highest BCUT2D eigenvalue weighted by Gasteiger charge is 2.21. The highest BCUT2D eigenvalue weighted by molar-refractivity contribution is 6.21. The van der Waals surface area contributed by atoms with Crippen molar-refractivity contribution in [1.82, 2.24) is 24.1 Å². The number of nitrogens with zero attached hydrogens (tertiary/aromatic N) is 5. The van der Waals surface area contributed by atoms with Crippen molar-refractivity contribution in [1.29, 1.82) is 0 Å². The van der Waals surface area contributed by atoms with Crippen molar-refractivity contribution in [3.8, 4) is 56.7 Å². The third-order valence-corrected chi connectivity index (χ3v) is 12.7. The van der Waals surface area contributed by atoms with Gasteiger partial charge in [0.25, 0.3) is 0 Å². The summed E-state index contributed by atoms with van der Waals surface area (Å²) in [5.41, 5.74) is 12.0. The normalized spacial score (nSPS) is 11.8. The molecule has 13 aromatic rings. The zero-order chi connectivity index (χ0) is 42.1. The van der Waals surface area contributed by atoms with E-state index in [2.05, 4.69) is 209 Å². The number of fused-ring (bicyclic) bond motifs is 8. The smallest absolute Gasteiger partial charge is 0.164 e. The van der Waals surface area contributed by atoms with E-state index < -0.39 is 0 Å². The molecule has 0 saturated carbocycles. The Morgan fingerprint density at radius 2 is 0.781 bits per heavy atom. The first kappa shape index (κ1) is 36.0. The van der Waals surface area contributed by atoms with Gasteiger partial charge in [-0.3, -0.25) is 0 Å². The third kappa shape index (κ3) is 5.83. The fourth-order valence-electron chi connectivity index (χ4n) is 9.70. The molecule has 64 heavy (non-hydrogen) atoms. The molecular formula is C59H37N5. The van der Waals surface area contributed by atoms with E-state index >= 15 is 0 Å². The first-order valence-electron chi connectivity index (χ1n) is 21.7. The van der Waals surface area contributed by atoms with Gasteiger partial charge in [0, 0.05) is 49.3 Å². The predicted molar refractivity (Wildman–Crippen MR) is 265 cm³/mol. The van der Waals surface area contributed by atoms with Crippen LogP contribution >= 0.6 is 0 Å². The van der Waals surface area contributed by atoms with Gasteiger partial charge in [0.1, 0.15) is 0 Å². The van der Waals surface area contributed by atoms with Crippen LogP contribution in [0.2, 0.25) is 0 Å². The van der Waals surface area contributed by atoms with E-state index in [1.54, 1.807) is 0 Å². The molecule has 0 spiro atoms. The average Bonchev–Trinajstić information content (AvgIpc) is 3.86. The molecule has 3 heterocycles. The molecule has 0 bridgehead atoms. The zero-order valence-corrected chi connectivity index (χ0v) is 34.6. The Kier molecular flexibility index (Phi) is 8.15. The molecule has 0 saturated heterocycles. The number of benzene rings is 10. The van der Waals surface area contributed by atoms with Gasteiger partial charge >= 0.3 is 0 Å². The van der Waals surface area contributed by atoms with Crippen LogP contribution < -0.4 is 0 Å². The van der Waals surface area contributed by atoms with E-state index in [-0.39, 0.29) is 0 Å². The van der Waals surface area contributed by atoms with E-state index in [0.717, 1.165) is 61.0 Å². The fraction of sp³-hybridized carbons (Fsp3) is 0. The van der Waals surface area contributed by atoms with Crippen LogP contribution in [0.1, 0.15) is 0 Å². The summed E-state index contributed by atoms with van der Waals surface area (Å²) in [4.78, 5) is 15.3. The van der Waals surface area contributed by atoms with Crippen LogP contribution in [0, 0.1) is 0 Å². The molecule has 0 fully saturated rings. The molecule has 13 rings (SSSR count). The minimum Gasteiger partial charge on any atom is -0.309 e. The maximum absolute atomic E-state index is 5.16. The lowest BCUT2D eigenvalue weighted by atomic mass is 10.0. The maximum Gasteiger partial charge on any atom is 0.164 e. The lowest BCUT2D eigenvalue weighted by Crippen LogP contribution is -2.00. The molecule has 5 heteroatoms. The molecule has 3 aromatic heterocycles. The van der Waals surface area contributed by atoms with Gasteiger partial charge < -0.3 is 9.13 Å². The van der Waals surface area contributed by atoms with Crippen LogP contribution in [0.25, 0.3) is 122 Å². The number of hydrogen-bond acceptors (Lipinski definition) is 3. The highest BCUT2D eigenvalue weighted by atomic mass is 15.0. The summed E-state index contributed by atoms with van der Waals surface area (Å²) >= 11 is 0. The van der Waals surface area contributed by atoms with Crippen LogP contribution in [-0.2, 0) is 0 Å². The van der Waals surface area contributed by atoms with Gasteiger partial charge in [-0.15, -0.1) is 0 Å². The Bertz CT molecular complexity index is 3940. The van der Waals surface area contributed by atoms with Gasteiger partial charge in [-0.05, 0) is 87.9 Å². The molecule has 0 radical (unpaired) electrons. The molecule has 0 N–H and O–H groups in total. The van der Waals surface area contributed by atoms with Crippen molar-refractivity contribution >= 4 is 65.2 Å². The number of hydrogen-bond donors (Lipinski definition) is 0. The largest absolute Gasteiger partial charge is 0.309 e. The SMILES string of the molecule is c1ccc(-c2cccc(-c3nc(-c4ccccc4)nc(-c4ccc5c(-n6c7ccccc7c7cc8c9cc%10ccccc%10cc9n(-c9ccccc9)c8cc76)cccc5c4)n3)c2)cc1. The Balaban J connectivity index is 1.01. The third-order valence-electron chi connectivity index (χ3n) is 12.7. The predicted octanol–water partition coefficient (Wildman–Crippen LogP) is 15.0. The molecule has 0 aliphatic rings. The van der Waals surface area contributed by atoms with Crippen molar-refractivity contribution in [2.24, 2.45) is 0 Å². The maximum atomic E-state index is 5.16. The van der Waals surface area contributed by atoms with Gasteiger partial charge in [-0.1, -0.05) is 164 Å². The van der Waals surface area contributed by atoms with Crippen LogP contribution in [0.15, 0.2) is 224 Å². The van der Waals surface area contributed by atoms with Gasteiger partial charge in [-0.2, -0.15) is 0 Å². The van der Waals surface area contributed by atoms with Gasteiger partial charge in [0.05, 0.1) is 27.8 Å². The minimum absolute atomic E-state index is 0.627. The molecule has 0 aliphatic carbocycles. The fourth-order valence-corrected chi connectivity index (χ4v) is 9.70. The second-order valence-corrected chi connectivity index (χ2v) is 16.5. The van der Waals surface area contributed by atoms with Crippen LogP contribution in [0.3, 0.4) is 0 Å². The van der Waals surface area contributed by atoms with Crippen molar-refractivity contribution < 1.29 is 0 Å². The monoisotopic (exact) mass is 815 g/mol. The molecule has 0 amide bonds. The summed E-state index contributed by atoms with van der Waals surface area (Å²) in [5.74, 6) is 1.90. The van der Waals surface area contributed by atoms with Gasteiger partial charge in [-0.25, -0.2) is 15.0 Å². The summed E-state index contributed by atoms with van der Waals surface area (Å²) in [6, 6.07) is 80.0. The van der Waals surface area contributed by atoms with Crippen molar-refractivity contribution in [2.75, 3.05) is 0 Å². The molecule has 0 aliphatic heterocycles. The molecule has 0 atom stereocenters. The molecular weight excluding hydrogens is 779 g/mol. The second kappa shape index (κ2) is 14.5. The molecule has 5 nitrogen and oxygen atoms in total. The quantitative estimate of drug-likeness (QED) is 0.168. The molecule has 10 aromatic carbocycles.